The molecule has 2 aromatic heterocycles. The van der Waals surface area contributed by atoms with Gasteiger partial charge in [-0.1, -0.05) is 18.2 Å². The summed E-state index contributed by atoms with van der Waals surface area (Å²) in [4.78, 5) is 36.8. The van der Waals surface area contributed by atoms with E-state index in [0.29, 0.717) is 16.5 Å². The minimum Gasteiger partial charge on any atom is -0.495 e. The van der Waals surface area contributed by atoms with Crippen LogP contribution in [-0.4, -0.2) is 73.3 Å². The standard InChI is InChI=1S/C27H24FN5O5S/c1-38-23-16-19(26(34)32-12-14-33(15-13-32)27(35)20-9-11-29-17-21(20)28)7-8-22(23)31-39(36,37)24-6-2-4-18-5-3-10-30-25(18)24/h2-11,16-17,31H,12-15H2,1H3. The van der Waals surface area contributed by atoms with Crippen LogP contribution in [0.5, 0.6) is 5.75 Å². The van der Waals surface area contributed by atoms with Gasteiger partial charge in [0.05, 0.1) is 30.1 Å². The first-order valence-corrected chi connectivity index (χ1v) is 13.5. The fourth-order valence-electron chi connectivity index (χ4n) is 4.42. The van der Waals surface area contributed by atoms with E-state index in [1.54, 1.807) is 29.2 Å². The Morgan fingerprint density at radius 1 is 0.949 bits per heavy atom. The number of methoxy groups -OCH3 is 1. The van der Waals surface area contributed by atoms with Gasteiger partial charge in [-0.3, -0.25) is 24.3 Å². The van der Waals surface area contributed by atoms with Gasteiger partial charge in [-0.25, -0.2) is 12.8 Å². The number of benzene rings is 2. The number of fused-ring (bicyclic) bond motifs is 1. The molecule has 1 aliphatic rings. The van der Waals surface area contributed by atoms with Crippen LogP contribution in [-0.2, 0) is 10.0 Å². The fraction of sp³-hybridized carbons (Fsp3) is 0.185. The molecule has 0 atom stereocenters. The van der Waals surface area contributed by atoms with Crippen molar-refractivity contribution in [1.82, 2.24) is 19.8 Å². The molecule has 39 heavy (non-hydrogen) atoms. The number of ether oxygens (including phenoxy) is 1. The Morgan fingerprint density at radius 3 is 2.38 bits per heavy atom. The van der Waals surface area contributed by atoms with Crippen molar-refractivity contribution >= 4 is 38.4 Å². The van der Waals surface area contributed by atoms with E-state index in [9.17, 15) is 22.4 Å². The van der Waals surface area contributed by atoms with Gasteiger partial charge in [0.25, 0.3) is 21.8 Å². The van der Waals surface area contributed by atoms with Crippen LogP contribution in [0.3, 0.4) is 0 Å². The molecule has 0 aliphatic carbocycles. The Labute approximate surface area is 224 Å². The SMILES string of the molecule is COc1cc(C(=O)N2CCN(C(=O)c3ccncc3F)CC2)ccc1NS(=O)(=O)c1cccc2cccnc12. The zero-order valence-corrected chi connectivity index (χ0v) is 21.7. The third-order valence-corrected chi connectivity index (χ3v) is 7.83. The summed E-state index contributed by atoms with van der Waals surface area (Å²) in [6.07, 6.45) is 3.87. The number of piperazine rings is 1. The Bertz CT molecular complexity index is 1670. The molecule has 0 unspecified atom stereocenters. The molecule has 1 N–H and O–H groups in total. The minimum atomic E-state index is -4.02. The van der Waals surface area contributed by atoms with E-state index >= 15 is 0 Å². The molecule has 5 rings (SSSR count). The Hall–Kier alpha value is -4.58. The van der Waals surface area contributed by atoms with Crippen molar-refractivity contribution in [3.8, 4) is 5.75 Å². The number of hydrogen-bond acceptors (Lipinski definition) is 7. The average Bonchev–Trinajstić information content (AvgIpc) is 2.96. The normalized spacial score (nSPS) is 13.8. The highest BCUT2D eigenvalue weighted by Crippen LogP contribution is 2.30. The lowest BCUT2D eigenvalue weighted by atomic mass is 10.1. The molecule has 12 heteroatoms. The van der Waals surface area contributed by atoms with E-state index < -0.39 is 21.7 Å². The van der Waals surface area contributed by atoms with Crippen molar-refractivity contribution in [2.24, 2.45) is 0 Å². The van der Waals surface area contributed by atoms with Crippen LogP contribution >= 0.6 is 0 Å². The molecule has 1 saturated heterocycles. The van der Waals surface area contributed by atoms with E-state index in [1.807, 2.05) is 0 Å². The van der Waals surface area contributed by atoms with Crippen molar-refractivity contribution < 1.29 is 27.1 Å². The van der Waals surface area contributed by atoms with Crippen LogP contribution in [0.15, 0.2) is 78.1 Å². The monoisotopic (exact) mass is 549 g/mol. The molecule has 0 radical (unpaired) electrons. The summed E-state index contributed by atoms with van der Waals surface area (Å²) < 4.78 is 48.3. The molecule has 200 valence electrons. The Morgan fingerprint density at radius 2 is 1.67 bits per heavy atom. The number of anilines is 1. The highest BCUT2D eigenvalue weighted by Gasteiger charge is 2.28. The average molecular weight is 550 g/mol. The number of carbonyl (C=O) groups is 2. The van der Waals surface area contributed by atoms with Crippen molar-refractivity contribution in [3.05, 3.63) is 90.1 Å². The van der Waals surface area contributed by atoms with Crippen LogP contribution in [0.25, 0.3) is 10.9 Å². The van der Waals surface area contributed by atoms with E-state index in [4.69, 9.17) is 4.74 Å². The summed E-state index contributed by atoms with van der Waals surface area (Å²) in [5.74, 6) is -1.29. The number of halogens is 1. The third kappa shape index (κ3) is 5.23. The summed E-state index contributed by atoms with van der Waals surface area (Å²) in [7, 11) is -2.64. The van der Waals surface area contributed by atoms with Gasteiger partial charge in [0, 0.05) is 49.5 Å². The first-order chi connectivity index (χ1) is 18.8. The van der Waals surface area contributed by atoms with Gasteiger partial charge in [-0.15, -0.1) is 0 Å². The van der Waals surface area contributed by atoms with Gasteiger partial charge in [0.15, 0.2) is 5.82 Å². The number of rotatable bonds is 6. The molecule has 2 aromatic carbocycles. The topological polar surface area (TPSA) is 122 Å². The van der Waals surface area contributed by atoms with Crippen molar-refractivity contribution in [3.63, 3.8) is 0 Å². The van der Waals surface area contributed by atoms with Crippen LogP contribution in [0, 0.1) is 5.82 Å². The third-order valence-electron chi connectivity index (χ3n) is 6.43. The van der Waals surface area contributed by atoms with Gasteiger partial charge in [-0.2, -0.15) is 0 Å². The zero-order chi connectivity index (χ0) is 27.6. The highest BCUT2D eigenvalue weighted by atomic mass is 32.2. The van der Waals surface area contributed by atoms with E-state index in [-0.39, 0.29) is 54.0 Å². The first kappa shape index (κ1) is 26.0. The van der Waals surface area contributed by atoms with Gasteiger partial charge in [0.1, 0.15) is 10.6 Å². The number of hydrogen-bond donors (Lipinski definition) is 1. The Balaban J connectivity index is 1.30. The molecular formula is C27H24FN5O5S. The highest BCUT2D eigenvalue weighted by molar-refractivity contribution is 7.93. The number of para-hydroxylation sites is 1. The second-order valence-electron chi connectivity index (χ2n) is 8.79. The summed E-state index contributed by atoms with van der Waals surface area (Å²) in [6.45, 7) is 0.977. The van der Waals surface area contributed by atoms with Gasteiger partial charge < -0.3 is 14.5 Å². The van der Waals surface area contributed by atoms with Gasteiger partial charge in [0.2, 0.25) is 0 Å². The molecule has 0 saturated carbocycles. The number of nitrogens with zero attached hydrogens (tertiary/aromatic N) is 4. The van der Waals surface area contributed by atoms with Crippen molar-refractivity contribution in [2.75, 3.05) is 38.0 Å². The van der Waals surface area contributed by atoms with Crippen LogP contribution < -0.4 is 9.46 Å². The lowest BCUT2D eigenvalue weighted by molar-refractivity contribution is 0.0532. The lowest BCUT2D eigenvalue weighted by Crippen LogP contribution is -2.50. The molecule has 0 bridgehead atoms. The molecule has 2 amide bonds. The van der Waals surface area contributed by atoms with Gasteiger partial charge in [-0.05, 0) is 36.4 Å². The largest absolute Gasteiger partial charge is 0.495 e. The molecule has 3 heterocycles. The fourth-order valence-corrected chi connectivity index (χ4v) is 5.67. The minimum absolute atomic E-state index is 0.0156. The summed E-state index contributed by atoms with van der Waals surface area (Å²) in [5, 5.41) is 0.681. The van der Waals surface area contributed by atoms with Crippen LogP contribution in [0.2, 0.25) is 0 Å². The van der Waals surface area contributed by atoms with Crippen LogP contribution in [0.1, 0.15) is 20.7 Å². The molecule has 1 aliphatic heterocycles. The molecule has 4 aromatic rings. The number of pyridine rings is 2. The van der Waals surface area contributed by atoms with Crippen LogP contribution in [0.4, 0.5) is 10.1 Å². The lowest BCUT2D eigenvalue weighted by Gasteiger charge is -2.35. The maximum Gasteiger partial charge on any atom is 0.264 e. The molecule has 1 fully saturated rings. The molecular weight excluding hydrogens is 525 g/mol. The maximum atomic E-state index is 14.0. The molecule has 10 nitrogen and oxygen atoms in total. The number of sulfonamides is 1. The summed E-state index contributed by atoms with van der Waals surface area (Å²) in [6, 6.07) is 14.1. The summed E-state index contributed by atoms with van der Waals surface area (Å²) >= 11 is 0. The smallest absolute Gasteiger partial charge is 0.264 e. The number of amides is 2. The zero-order valence-electron chi connectivity index (χ0n) is 20.9. The second-order valence-corrected chi connectivity index (χ2v) is 10.4. The number of nitrogens with one attached hydrogen (secondary N) is 1. The second kappa shape index (κ2) is 10.7. The number of carbonyl (C=O) groups excluding carboxylic acids is 2. The van der Waals surface area contributed by atoms with E-state index in [0.717, 1.165) is 6.20 Å². The van der Waals surface area contributed by atoms with Gasteiger partial charge >= 0.3 is 0 Å². The van der Waals surface area contributed by atoms with E-state index in [2.05, 4.69) is 14.7 Å². The predicted molar refractivity (Wildman–Crippen MR) is 142 cm³/mol. The maximum absolute atomic E-state index is 14.0. The number of aromatic nitrogens is 2. The predicted octanol–water partition coefficient (Wildman–Crippen LogP) is 3.18. The quantitative estimate of drug-likeness (QED) is 0.392. The van der Waals surface area contributed by atoms with E-state index in [1.165, 1.54) is 54.7 Å². The molecule has 0 spiro atoms. The van der Waals surface area contributed by atoms with Crippen molar-refractivity contribution in [2.45, 2.75) is 4.90 Å². The van der Waals surface area contributed by atoms with Crippen molar-refractivity contribution in [1.29, 1.82) is 0 Å². The first-order valence-electron chi connectivity index (χ1n) is 12.0. The Kier molecular flexibility index (Phi) is 7.11. The summed E-state index contributed by atoms with van der Waals surface area (Å²) in [5.41, 5.74) is 0.729.